The summed E-state index contributed by atoms with van der Waals surface area (Å²) in [5.41, 5.74) is 6.92. The molecule has 0 aliphatic heterocycles. The Morgan fingerprint density at radius 2 is 1.75 bits per heavy atom. The van der Waals surface area contributed by atoms with E-state index in [-0.39, 0.29) is 16.0 Å². The molecule has 0 unspecified atom stereocenters. The first-order chi connectivity index (χ1) is 13.4. The van der Waals surface area contributed by atoms with E-state index in [1.54, 1.807) is 24.3 Å². The second-order valence-corrected chi connectivity index (χ2v) is 7.95. The van der Waals surface area contributed by atoms with Gasteiger partial charge in [0.15, 0.2) is 15.5 Å². The molecule has 0 saturated heterocycles. The van der Waals surface area contributed by atoms with Crippen LogP contribution >= 0.6 is 0 Å². The van der Waals surface area contributed by atoms with Gasteiger partial charge in [-0.3, -0.25) is 4.79 Å². The van der Waals surface area contributed by atoms with E-state index in [0.29, 0.717) is 17.1 Å². The molecule has 0 radical (unpaired) electrons. The van der Waals surface area contributed by atoms with Crippen LogP contribution in [0.5, 0.6) is 0 Å². The van der Waals surface area contributed by atoms with E-state index < -0.39 is 9.84 Å². The van der Waals surface area contributed by atoms with Crippen molar-refractivity contribution in [1.29, 1.82) is 0 Å². The van der Waals surface area contributed by atoms with Crippen molar-refractivity contribution >= 4 is 21.2 Å². The first-order valence-corrected chi connectivity index (χ1v) is 10.2. The van der Waals surface area contributed by atoms with E-state index in [1.807, 2.05) is 18.2 Å². The fourth-order valence-electron chi connectivity index (χ4n) is 2.48. The molecule has 0 bridgehead atoms. The highest BCUT2D eigenvalue weighted by Crippen LogP contribution is 2.14. The number of benzene rings is 2. The van der Waals surface area contributed by atoms with Crippen molar-refractivity contribution in [2.24, 2.45) is 10.7 Å². The zero-order valence-corrected chi connectivity index (χ0v) is 15.9. The van der Waals surface area contributed by atoms with Crippen LogP contribution in [0.4, 0.5) is 5.69 Å². The molecule has 1 heterocycles. The molecule has 7 nitrogen and oxygen atoms in total. The van der Waals surface area contributed by atoms with Gasteiger partial charge < -0.3 is 5.73 Å². The first-order valence-electron chi connectivity index (χ1n) is 8.31. The van der Waals surface area contributed by atoms with Crippen LogP contribution in [-0.4, -0.2) is 30.2 Å². The van der Waals surface area contributed by atoms with Crippen molar-refractivity contribution in [3.63, 3.8) is 0 Å². The van der Waals surface area contributed by atoms with Gasteiger partial charge in [-0.25, -0.2) is 18.1 Å². The van der Waals surface area contributed by atoms with E-state index in [2.05, 4.69) is 10.1 Å². The van der Waals surface area contributed by atoms with E-state index in [0.717, 1.165) is 6.26 Å². The van der Waals surface area contributed by atoms with Gasteiger partial charge in [0.2, 0.25) is 5.43 Å². The maximum Gasteiger partial charge on any atom is 0.209 e. The molecule has 2 N–H and O–H groups in total. The monoisotopic (exact) mass is 394 g/mol. The van der Waals surface area contributed by atoms with Gasteiger partial charge in [0.1, 0.15) is 0 Å². The van der Waals surface area contributed by atoms with Crippen molar-refractivity contribution in [3.05, 3.63) is 95.1 Å². The van der Waals surface area contributed by atoms with Crippen molar-refractivity contribution in [1.82, 2.24) is 9.78 Å². The topological polar surface area (TPSA) is 107 Å². The van der Waals surface area contributed by atoms with Crippen molar-refractivity contribution < 1.29 is 8.42 Å². The molecule has 3 rings (SSSR count). The smallest absolute Gasteiger partial charge is 0.209 e. The minimum Gasteiger partial charge on any atom is -0.405 e. The number of sulfone groups is 1. The van der Waals surface area contributed by atoms with Crippen LogP contribution in [0.25, 0.3) is 5.69 Å². The molecule has 0 aliphatic carbocycles. The van der Waals surface area contributed by atoms with Gasteiger partial charge >= 0.3 is 0 Å². The highest BCUT2D eigenvalue weighted by atomic mass is 32.2. The molecular weight excluding hydrogens is 376 g/mol. The molecular formula is C20H18N4O3S. The maximum atomic E-state index is 12.4. The fourth-order valence-corrected chi connectivity index (χ4v) is 3.11. The molecule has 0 saturated carbocycles. The second-order valence-electron chi connectivity index (χ2n) is 5.93. The normalized spacial score (nSPS) is 12.4. The maximum absolute atomic E-state index is 12.4. The first kappa shape index (κ1) is 19.2. The Kier molecular flexibility index (Phi) is 5.51. The summed E-state index contributed by atoms with van der Waals surface area (Å²) in [6.45, 7) is 0. The van der Waals surface area contributed by atoms with Crippen LogP contribution in [-0.2, 0) is 9.84 Å². The largest absolute Gasteiger partial charge is 0.405 e. The van der Waals surface area contributed by atoms with E-state index in [1.165, 1.54) is 41.4 Å². The lowest BCUT2D eigenvalue weighted by Crippen LogP contribution is -2.20. The van der Waals surface area contributed by atoms with Crippen LogP contribution < -0.4 is 11.2 Å². The summed E-state index contributed by atoms with van der Waals surface area (Å²) in [6.07, 6.45) is 5.45. The summed E-state index contributed by atoms with van der Waals surface area (Å²) in [5, 5.41) is 4.37. The zero-order valence-electron chi connectivity index (χ0n) is 15.1. The quantitative estimate of drug-likeness (QED) is 0.668. The summed E-state index contributed by atoms with van der Waals surface area (Å²) in [7, 11) is -3.29. The van der Waals surface area contributed by atoms with E-state index in [9.17, 15) is 13.2 Å². The minimum atomic E-state index is -3.29. The Bertz CT molecular complexity index is 1200. The lowest BCUT2D eigenvalue weighted by atomic mass is 10.2. The van der Waals surface area contributed by atoms with Gasteiger partial charge in [0.05, 0.1) is 22.0 Å². The van der Waals surface area contributed by atoms with Gasteiger partial charge in [-0.15, -0.1) is 0 Å². The van der Waals surface area contributed by atoms with Crippen molar-refractivity contribution in [3.8, 4) is 5.69 Å². The predicted molar refractivity (Wildman–Crippen MR) is 109 cm³/mol. The lowest BCUT2D eigenvalue weighted by molar-refractivity contribution is 0.602. The number of aromatic nitrogens is 2. The Labute approximate surface area is 162 Å². The number of nitrogens with two attached hydrogens (primary N) is 1. The Balaban J connectivity index is 2.08. The number of para-hydroxylation sites is 1. The van der Waals surface area contributed by atoms with Gasteiger partial charge in [0.25, 0.3) is 0 Å². The predicted octanol–water partition coefficient (Wildman–Crippen LogP) is 2.23. The van der Waals surface area contributed by atoms with Gasteiger partial charge in [-0.2, -0.15) is 5.10 Å². The van der Waals surface area contributed by atoms with Gasteiger partial charge in [0, 0.05) is 18.5 Å². The Morgan fingerprint density at radius 1 is 1.07 bits per heavy atom. The molecule has 0 amide bonds. The average molecular weight is 394 g/mol. The lowest BCUT2D eigenvalue weighted by Gasteiger charge is -2.08. The number of aliphatic imine (C=N–C) groups is 1. The third-order valence-electron chi connectivity index (χ3n) is 3.84. The fraction of sp³-hybridized carbons (Fsp3) is 0.0500. The number of allylic oxidation sites excluding steroid dienone is 1. The molecule has 8 heteroatoms. The number of rotatable bonds is 5. The van der Waals surface area contributed by atoms with E-state index in [4.69, 9.17) is 5.73 Å². The summed E-state index contributed by atoms with van der Waals surface area (Å²) in [6, 6.07) is 16.7. The number of nitrogens with zero attached hydrogens (tertiary/aromatic N) is 3. The molecule has 1 aromatic heterocycles. The molecule has 3 aromatic rings. The summed E-state index contributed by atoms with van der Waals surface area (Å²) >= 11 is 0. The molecule has 2 aromatic carbocycles. The molecule has 142 valence electrons. The second kappa shape index (κ2) is 8.01. The highest BCUT2D eigenvalue weighted by molar-refractivity contribution is 7.90. The van der Waals surface area contributed by atoms with Crippen LogP contribution in [0.15, 0.2) is 93.8 Å². The molecule has 0 atom stereocenters. The third-order valence-corrected chi connectivity index (χ3v) is 4.97. The molecule has 0 spiro atoms. The number of hydrogen-bond acceptors (Lipinski definition) is 6. The summed E-state index contributed by atoms with van der Waals surface area (Å²) in [5.74, 6) is 0. The Morgan fingerprint density at radius 3 is 2.36 bits per heavy atom. The number of hydrogen-bond donors (Lipinski definition) is 1. The van der Waals surface area contributed by atoms with Crippen molar-refractivity contribution in [2.45, 2.75) is 4.90 Å². The van der Waals surface area contributed by atoms with Crippen LogP contribution in [0.2, 0.25) is 0 Å². The van der Waals surface area contributed by atoms with Crippen LogP contribution in [0.1, 0.15) is 5.69 Å². The Hall–Kier alpha value is -3.52. The zero-order chi connectivity index (χ0) is 20.1. The SMILES string of the molecule is CS(=O)(=O)c1ccc(-n2ccc(=O)c(C(C=CN)=Nc3ccccc3)n2)cc1. The summed E-state index contributed by atoms with van der Waals surface area (Å²) in [4.78, 5) is 17.0. The minimum absolute atomic E-state index is 0.125. The van der Waals surface area contributed by atoms with Crippen LogP contribution in [0, 0.1) is 0 Å². The highest BCUT2D eigenvalue weighted by Gasteiger charge is 2.11. The standard InChI is InChI=1S/C20H18N4O3S/c1-28(26,27)17-9-7-16(8-10-17)24-14-12-19(25)20(23-24)18(11-13-21)22-15-5-3-2-4-6-15/h2-14H,21H2,1H3. The molecule has 28 heavy (non-hydrogen) atoms. The van der Waals surface area contributed by atoms with E-state index >= 15 is 0 Å². The van der Waals surface area contributed by atoms with Crippen LogP contribution in [0.3, 0.4) is 0 Å². The average Bonchev–Trinajstić information content (AvgIpc) is 2.68. The van der Waals surface area contributed by atoms with Gasteiger partial charge in [-0.1, -0.05) is 18.2 Å². The third kappa shape index (κ3) is 4.41. The van der Waals surface area contributed by atoms with Crippen molar-refractivity contribution in [2.75, 3.05) is 6.26 Å². The molecule has 0 aliphatic rings. The molecule has 0 fully saturated rings. The van der Waals surface area contributed by atoms with Gasteiger partial charge in [-0.05, 0) is 48.7 Å². The summed E-state index contributed by atoms with van der Waals surface area (Å²) < 4.78 is 24.7.